The minimum absolute atomic E-state index is 0.250. The third-order valence-corrected chi connectivity index (χ3v) is 4.46. The second-order valence-electron chi connectivity index (χ2n) is 7.02. The highest BCUT2D eigenvalue weighted by molar-refractivity contribution is 5.92. The predicted octanol–water partition coefficient (Wildman–Crippen LogP) is 4.37. The number of hydrazone groups is 1. The summed E-state index contributed by atoms with van der Waals surface area (Å²) in [5.74, 6) is 0.204. The second-order valence-corrected chi connectivity index (χ2v) is 7.02. The van der Waals surface area contributed by atoms with Crippen molar-refractivity contribution in [3.05, 3.63) is 83.7 Å². The van der Waals surface area contributed by atoms with E-state index in [-0.39, 0.29) is 12.4 Å². The Kier molecular flexibility index (Phi) is 9.18. The van der Waals surface area contributed by atoms with Crippen molar-refractivity contribution in [1.82, 2.24) is 5.43 Å². The summed E-state index contributed by atoms with van der Waals surface area (Å²) in [5.41, 5.74) is 3.31. The van der Waals surface area contributed by atoms with Gasteiger partial charge in [-0.1, -0.05) is 0 Å². The SMILES string of the molecule is CCOc1ccc(C(=O)Oc2ccc(/C=N/NC(=O)COc3ccc(F)cc3)cc2OCC)cc1. The molecular weight excluding hydrogens is 455 g/mol. The molecule has 0 aliphatic heterocycles. The van der Waals surface area contributed by atoms with Crippen LogP contribution >= 0.6 is 0 Å². The van der Waals surface area contributed by atoms with Crippen molar-refractivity contribution in [2.45, 2.75) is 13.8 Å². The number of amides is 1. The lowest BCUT2D eigenvalue weighted by Crippen LogP contribution is -2.24. The van der Waals surface area contributed by atoms with Gasteiger partial charge >= 0.3 is 5.97 Å². The molecule has 0 aromatic heterocycles. The predicted molar refractivity (Wildman–Crippen MR) is 128 cm³/mol. The largest absolute Gasteiger partial charge is 0.494 e. The number of rotatable bonds is 11. The quantitative estimate of drug-likeness (QED) is 0.190. The van der Waals surface area contributed by atoms with Crippen LogP contribution in [-0.4, -0.2) is 37.9 Å². The van der Waals surface area contributed by atoms with E-state index in [9.17, 15) is 14.0 Å². The number of halogens is 1. The van der Waals surface area contributed by atoms with Gasteiger partial charge in [-0.25, -0.2) is 14.6 Å². The second kappa shape index (κ2) is 12.7. The number of ether oxygens (including phenoxy) is 4. The van der Waals surface area contributed by atoms with Gasteiger partial charge in [0.05, 0.1) is 25.0 Å². The summed E-state index contributed by atoms with van der Waals surface area (Å²) in [6.07, 6.45) is 1.41. The molecule has 0 unspecified atom stereocenters. The van der Waals surface area contributed by atoms with Crippen molar-refractivity contribution in [1.29, 1.82) is 0 Å². The summed E-state index contributed by atoms with van der Waals surface area (Å²) in [6, 6.07) is 16.8. The number of hydrogen-bond donors (Lipinski definition) is 1. The lowest BCUT2D eigenvalue weighted by molar-refractivity contribution is -0.123. The van der Waals surface area contributed by atoms with E-state index >= 15 is 0 Å². The van der Waals surface area contributed by atoms with Crippen LogP contribution in [0, 0.1) is 5.82 Å². The zero-order chi connectivity index (χ0) is 25.0. The molecule has 0 radical (unpaired) electrons. The molecule has 35 heavy (non-hydrogen) atoms. The van der Waals surface area contributed by atoms with Gasteiger partial charge in [-0.05, 0) is 86.1 Å². The summed E-state index contributed by atoms with van der Waals surface area (Å²) in [5, 5.41) is 3.89. The molecule has 0 saturated carbocycles. The first-order valence-electron chi connectivity index (χ1n) is 10.9. The van der Waals surface area contributed by atoms with Gasteiger partial charge < -0.3 is 18.9 Å². The molecular formula is C26H25FN2O6. The van der Waals surface area contributed by atoms with Crippen molar-refractivity contribution in [3.63, 3.8) is 0 Å². The normalized spacial score (nSPS) is 10.6. The summed E-state index contributed by atoms with van der Waals surface area (Å²) in [6.45, 7) is 4.29. The fourth-order valence-corrected chi connectivity index (χ4v) is 2.86. The van der Waals surface area contributed by atoms with Crippen LogP contribution in [0.3, 0.4) is 0 Å². The number of esters is 1. The first kappa shape index (κ1) is 25.2. The molecule has 1 amide bonds. The molecule has 3 aromatic carbocycles. The average Bonchev–Trinajstić information content (AvgIpc) is 2.86. The maximum absolute atomic E-state index is 12.9. The molecule has 1 N–H and O–H groups in total. The van der Waals surface area contributed by atoms with Gasteiger partial charge in [0.15, 0.2) is 18.1 Å². The van der Waals surface area contributed by atoms with Crippen molar-refractivity contribution in [2.24, 2.45) is 5.10 Å². The first-order chi connectivity index (χ1) is 17.0. The number of nitrogens with one attached hydrogen (secondary N) is 1. The standard InChI is InChI=1S/C26H25FN2O6/c1-3-32-21-10-6-19(7-11-21)26(31)35-23-14-5-18(15-24(23)33-4-2)16-28-29-25(30)17-34-22-12-8-20(27)9-13-22/h5-16H,3-4,17H2,1-2H3,(H,29,30)/b28-16+. The number of nitrogens with zero attached hydrogens (tertiary/aromatic N) is 1. The van der Waals surface area contributed by atoms with Gasteiger partial charge in [0, 0.05) is 0 Å². The van der Waals surface area contributed by atoms with E-state index in [0.29, 0.717) is 41.6 Å². The minimum Gasteiger partial charge on any atom is -0.494 e. The van der Waals surface area contributed by atoms with Gasteiger partial charge in [0.2, 0.25) is 0 Å². The van der Waals surface area contributed by atoms with Gasteiger partial charge in [0.25, 0.3) is 5.91 Å². The Morgan fingerprint density at radius 2 is 1.51 bits per heavy atom. The number of carbonyl (C=O) groups excluding carboxylic acids is 2. The van der Waals surface area contributed by atoms with Crippen LogP contribution in [0.4, 0.5) is 4.39 Å². The average molecular weight is 480 g/mol. The molecule has 0 heterocycles. The molecule has 3 rings (SSSR count). The first-order valence-corrected chi connectivity index (χ1v) is 10.9. The Morgan fingerprint density at radius 3 is 2.20 bits per heavy atom. The van der Waals surface area contributed by atoms with Crippen LogP contribution in [0.2, 0.25) is 0 Å². The molecule has 0 bridgehead atoms. The fourth-order valence-electron chi connectivity index (χ4n) is 2.86. The molecule has 0 aliphatic rings. The number of hydrogen-bond acceptors (Lipinski definition) is 7. The van der Waals surface area contributed by atoms with Gasteiger partial charge in [-0.15, -0.1) is 0 Å². The third kappa shape index (κ3) is 7.85. The number of benzene rings is 3. The Balaban J connectivity index is 1.58. The maximum atomic E-state index is 12.9. The van der Waals surface area contributed by atoms with E-state index < -0.39 is 17.7 Å². The lowest BCUT2D eigenvalue weighted by atomic mass is 10.2. The third-order valence-electron chi connectivity index (χ3n) is 4.46. The monoisotopic (exact) mass is 480 g/mol. The summed E-state index contributed by atoms with van der Waals surface area (Å²) >= 11 is 0. The molecule has 0 spiro atoms. The van der Waals surface area contributed by atoms with Gasteiger partial charge in [-0.2, -0.15) is 5.10 Å². The topological polar surface area (TPSA) is 95.5 Å². The fraction of sp³-hybridized carbons (Fsp3) is 0.192. The molecule has 0 aliphatic carbocycles. The molecule has 8 nitrogen and oxygen atoms in total. The van der Waals surface area contributed by atoms with Crippen molar-refractivity contribution >= 4 is 18.1 Å². The summed E-state index contributed by atoms with van der Waals surface area (Å²) in [7, 11) is 0. The molecule has 3 aromatic rings. The maximum Gasteiger partial charge on any atom is 0.343 e. The molecule has 0 atom stereocenters. The highest BCUT2D eigenvalue weighted by Gasteiger charge is 2.13. The molecule has 0 fully saturated rings. The van der Waals surface area contributed by atoms with E-state index in [1.54, 1.807) is 49.4 Å². The van der Waals surface area contributed by atoms with E-state index in [4.69, 9.17) is 18.9 Å². The van der Waals surface area contributed by atoms with E-state index in [0.717, 1.165) is 0 Å². The Morgan fingerprint density at radius 1 is 0.857 bits per heavy atom. The Labute approximate surface area is 202 Å². The van der Waals surface area contributed by atoms with Crippen molar-refractivity contribution in [3.8, 4) is 23.0 Å². The van der Waals surface area contributed by atoms with E-state index in [1.165, 1.54) is 30.5 Å². The van der Waals surface area contributed by atoms with E-state index in [2.05, 4.69) is 10.5 Å². The zero-order valence-electron chi connectivity index (χ0n) is 19.3. The number of carbonyl (C=O) groups is 2. The van der Waals surface area contributed by atoms with Crippen LogP contribution in [0.1, 0.15) is 29.8 Å². The zero-order valence-corrected chi connectivity index (χ0v) is 19.3. The van der Waals surface area contributed by atoms with Crippen LogP contribution in [0.15, 0.2) is 71.8 Å². The van der Waals surface area contributed by atoms with Crippen LogP contribution in [0.5, 0.6) is 23.0 Å². The Bertz CT molecular complexity index is 1160. The van der Waals surface area contributed by atoms with E-state index in [1.807, 2.05) is 6.92 Å². The molecule has 0 saturated heterocycles. The lowest BCUT2D eigenvalue weighted by Gasteiger charge is -2.11. The summed E-state index contributed by atoms with van der Waals surface area (Å²) in [4.78, 5) is 24.4. The minimum atomic E-state index is -0.538. The molecule has 9 heteroatoms. The smallest absolute Gasteiger partial charge is 0.343 e. The van der Waals surface area contributed by atoms with Crippen molar-refractivity contribution < 1.29 is 32.9 Å². The van der Waals surface area contributed by atoms with Gasteiger partial charge in [-0.3, -0.25) is 4.79 Å². The van der Waals surface area contributed by atoms with Crippen LogP contribution < -0.4 is 24.4 Å². The Hall–Kier alpha value is -4.40. The van der Waals surface area contributed by atoms with Crippen molar-refractivity contribution in [2.75, 3.05) is 19.8 Å². The van der Waals surface area contributed by atoms with Gasteiger partial charge in [0.1, 0.15) is 17.3 Å². The highest BCUT2D eigenvalue weighted by Crippen LogP contribution is 2.29. The molecule has 182 valence electrons. The highest BCUT2D eigenvalue weighted by atomic mass is 19.1. The van der Waals surface area contributed by atoms with Crippen LogP contribution in [0.25, 0.3) is 0 Å². The van der Waals surface area contributed by atoms with Crippen LogP contribution in [-0.2, 0) is 4.79 Å². The summed E-state index contributed by atoms with van der Waals surface area (Å²) < 4.78 is 34.6.